The Labute approximate surface area is 120 Å². The molecule has 20 heavy (non-hydrogen) atoms. The van der Waals surface area contributed by atoms with Gasteiger partial charge in [0.15, 0.2) is 0 Å². The van der Waals surface area contributed by atoms with Gasteiger partial charge in [-0.05, 0) is 32.6 Å². The van der Waals surface area contributed by atoms with Crippen molar-refractivity contribution < 1.29 is 19.4 Å². The van der Waals surface area contributed by atoms with E-state index in [0.717, 1.165) is 25.7 Å². The Morgan fingerprint density at radius 1 is 1.40 bits per heavy atom. The predicted octanol–water partition coefficient (Wildman–Crippen LogP) is 0.761. The van der Waals surface area contributed by atoms with Crippen LogP contribution in [-0.4, -0.2) is 49.3 Å². The molecule has 3 unspecified atom stereocenters. The summed E-state index contributed by atoms with van der Waals surface area (Å²) in [4.78, 5) is 22.9. The molecular formula is C14H26N2O4. The summed E-state index contributed by atoms with van der Waals surface area (Å²) in [7, 11) is 1.63. The van der Waals surface area contributed by atoms with Crippen molar-refractivity contribution in [3.05, 3.63) is 0 Å². The Balaban J connectivity index is 2.28. The number of rotatable bonds is 8. The molecule has 0 aromatic heterocycles. The van der Waals surface area contributed by atoms with Crippen LogP contribution in [0.5, 0.6) is 0 Å². The van der Waals surface area contributed by atoms with Gasteiger partial charge in [-0.25, -0.2) is 0 Å². The van der Waals surface area contributed by atoms with Crippen molar-refractivity contribution in [1.29, 1.82) is 0 Å². The van der Waals surface area contributed by atoms with E-state index in [1.807, 2.05) is 6.92 Å². The van der Waals surface area contributed by atoms with Gasteiger partial charge in [0.25, 0.3) is 0 Å². The molecule has 1 rings (SSSR count). The second kappa shape index (κ2) is 8.92. The number of carboxylic acid groups (broad SMARTS) is 1. The zero-order valence-electron chi connectivity index (χ0n) is 12.4. The molecule has 0 aliphatic heterocycles. The zero-order chi connectivity index (χ0) is 15.0. The third-order valence-corrected chi connectivity index (χ3v) is 3.73. The molecule has 0 heterocycles. The van der Waals surface area contributed by atoms with Crippen LogP contribution < -0.4 is 10.6 Å². The Kier molecular flexibility index (Phi) is 7.54. The van der Waals surface area contributed by atoms with E-state index in [4.69, 9.17) is 9.84 Å². The molecule has 1 aliphatic rings. The smallest absolute Gasteiger partial charge is 0.306 e. The van der Waals surface area contributed by atoms with E-state index in [1.165, 1.54) is 0 Å². The Hall–Kier alpha value is -1.14. The summed E-state index contributed by atoms with van der Waals surface area (Å²) in [6, 6.07) is -0.181. The normalized spacial score (nSPS) is 24.1. The fraction of sp³-hybridized carbons (Fsp3) is 0.857. The number of nitrogens with one attached hydrogen (secondary N) is 2. The van der Waals surface area contributed by atoms with Crippen molar-refractivity contribution in [2.75, 3.05) is 20.3 Å². The lowest BCUT2D eigenvalue weighted by atomic mass is 9.85. The lowest BCUT2D eigenvalue weighted by Gasteiger charge is -2.29. The number of hydrogen-bond donors (Lipinski definition) is 3. The van der Waals surface area contributed by atoms with E-state index in [1.54, 1.807) is 7.11 Å². The van der Waals surface area contributed by atoms with Crippen molar-refractivity contribution in [2.24, 2.45) is 5.92 Å². The fourth-order valence-electron chi connectivity index (χ4n) is 2.58. The summed E-state index contributed by atoms with van der Waals surface area (Å²) < 4.78 is 4.92. The topological polar surface area (TPSA) is 87.7 Å². The molecule has 0 radical (unpaired) electrons. The minimum Gasteiger partial charge on any atom is -0.481 e. The Morgan fingerprint density at radius 2 is 2.15 bits per heavy atom. The minimum atomic E-state index is -0.729. The molecule has 0 spiro atoms. The number of aliphatic carboxylic acids is 1. The highest BCUT2D eigenvalue weighted by Gasteiger charge is 2.28. The average Bonchev–Trinajstić information content (AvgIpc) is 2.43. The van der Waals surface area contributed by atoms with Gasteiger partial charge < -0.3 is 20.5 Å². The van der Waals surface area contributed by atoms with E-state index in [2.05, 4.69) is 10.6 Å². The lowest BCUT2D eigenvalue weighted by Crippen LogP contribution is -2.48. The van der Waals surface area contributed by atoms with Crippen LogP contribution in [0.15, 0.2) is 0 Å². The zero-order valence-corrected chi connectivity index (χ0v) is 12.4. The molecule has 116 valence electrons. The monoisotopic (exact) mass is 286 g/mol. The van der Waals surface area contributed by atoms with Gasteiger partial charge in [-0.3, -0.25) is 9.59 Å². The molecule has 0 bridgehead atoms. The molecule has 1 aliphatic carbocycles. The number of carboxylic acids is 1. The maximum Gasteiger partial charge on any atom is 0.306 e. The van der Waals surface area contributed by atoms with Crippen LogP contribution in [0.25, 0.3) is 0 Å². The van der Waals surface area contributed by atoms with Crippen LogP contribution in [0.4, 0.5) is 0 Å². The van der Waals surface area contributed by atoms with E-state index in [0.29, 0.717) is 19.6 Å². The maximum absolute atomic E-state index is 11.9. The van der Waals surface area contributed by atoms with Gasteiger partial charge >= 0.3 is 5.97 Å². The van der Waals surface area contributed by atoms with Crippen LogP contribution >= 0.6 is 0 Å². The Bertz CT molecular complexity index is 322. The van der Waals surface area contributed by atoms with Crippen molar-refractivity contribution >= 4 is 11.9 Å². The van der Waals surface area contributed by atoms with Crippen molar-refractivity contribution in [2.45, 2.75) is 51.1 Å². The largest absolute Gasteiger partial charge is 0.481 e. The van der Waals surface area contributed by atoms with Gasteiger partial charge in [-0.2, -0.15) is 0 Å². The summed E-state index contributed by atoms with van der Waals surface area (Å²) >= 11 is 0. The van der Waals surface area contributed by atoms with Gasteiger partial charge in [0.1, 0.15) is 0 Å². The average molecular weight is 286 g/mol. The van der Waals surface area contributed by atoms with Crippen molar-refractivity contribution in [3.63, 3.8) is 0 Å². The molecule has 3 N–H and O–H groups in total. The molecule has 6 nitrogen and oxygen atoms in total. The van der Waals surface area contributed by atoms with Crippen LogP contribution in [0.1, 0.15) is 39.0 Å². The number of methoxy groups -OCH3 is 1. The first-order valence-corrected chi connectivity index (χ1v) is 7.30. The van der Waals surface area contributed by atoms with Crippen molar-refractivity contribution in [1.82, 2.24) is 10.6 Å². The van der Waals surface area contributed by atoms with E-state index >= 15 is 0 Å². The lowest BCUT2D eigenvalue weighted by molar-refractivity contribution is -0.143. The maximum atomic E-state index is 11.9. The van der Waals surface area contributed by atoms with Gasteiger partial charge in [0.2, 0.25) is 5.91 Å². The number of hydrogen-bond acceptors (Lipinski definition) is 4. The van der Waals surface area contributed by atoms with Gasteiger partial charge in [-0.1, -0.05) is 6.42 Å². The molecule has 0 saturated heterocycles. The number of carbonyl (C=O) groups is 2. The molecule has 1 fully saturated rings. The summed E-state index contributed by atoms with van der Waals surface area (Å²) in [6.45, 7) is 3.04. The van der Waals surface area contributed by atoms with Crippen LogP contribution in [0.3, 0.4) is 0 Å². The van der Waals surface area contributed by atoms with Crippen LogP contribution in [-0.2, 0) is 14.3 Å². The summed E-state index contributed by atoms with van der Waals surface area (Å²) in [5.74, 6) is -1.05. The quantitative estimate of drug-likeness (QED) is 0.573. The predicted molar refractivity (Wildman–Crippen MR) is 75.5 cm³/mol. The van der Waals surface area contributed by atoms with Gasteiger partial charge in [0.05, 0.1) is 12.0 Å². The van der Waals surface area contributed by atoms with E-state index in [-0.39, 0.29) is 23.9 Å². The fourth-order valence-corrected chi connectivity index (χ4v) is 2.58. The number of amides is 1. The third-order valence-electron chi connectivity index (χ3n) is 3.73. The first kappa shape index (κ1) is 16.9. The molecule has 3 atom stereocenters. The molecular weight excluding hydrogens is 260 g/mol. The van der Waals surface area contributed by atoms with Gasteiger partial charge in [0, 0.05) is 26.3 Å². The summed E-state index contributed by atoms with van der Waals surface area (Å²) in [5.41, 5.74) is 0. The first-order valence-electron chi connectivity index (χ1n) is 7.30. The second-order valence-corrected chi connectivity index (χ2v) is 5.42. The number of ether oxygens (including phenoxy) is 1. The molecule has 0 aromatic carbocycles. The van der Waals surface area contributed by atoms with Gasteiger partial charge in [-0.15, -0.1) is 0 Å². The third kappa shape index (κ3) is 5.88. The summed E-state index contributed by atoms with van der Waals surface area (Å²) in [6.07, 6.45) is 3.98. The van der Waals surface area contributed by atoms with E-state index < -0.39 is 5.97 Å². The second-order valence-electron chi connectivity index (χ2n) is 5.42. The van der Waals surface area contributed by atoms with Crippen molar-refractivity contribution in [3.8, 4) is 0 Å². The SMILES string of the molecule is COCCCNC(=O)C(C)NC1CCCC(C(=O)O)C1. The summed E-state index contributed by atoms with van der Waals surface area (Å²) in [5, 5.41) is 15.1. The van der Waals surface area contributed by atoms with E-state index in [9.17, 15) is 9.59 Å². The van der Waals surface area contributed by atoms with Crippen LogP contribution in [0.2, 0.25) is 0 Å². The molecule has 6 heteroatoms. The highest BCUT2D eigenvalue weighted by molar-refractivity contribution is 5.81. The van der Waals surface area contributed by atoms with Crippen LogP contribution in [0, 0.1) is 5.92 Å². The molecule has 1 saturated carbocycles. The highest BCUT2D eigenvalue weighted by atomic mass is 16.5. The minimum absolute atomic E-state index is 0.0430. The highest BCUT2D eigenvalue weighted by Crippen LogP contribution is 2.24. The molecule has 1 amide bonds. The molecule has 0 aromatic rings. The number of carbonyl (C=O) groups excluding carboxylic acids is 1. The first-order chi connectivity index (χ1) is 9.54. The Morgan fingerprint density at radius 3 is 2.80 bits per heavy atom. The standard InChI is InChI=1S/C14H26N2O4/c1-10(13(17)15-7-4-8-20-2)16-12-6-3-5-11(9-12)14(18)19/h10-12,16H,3-9H2,1-2H3,(H,15,17)(H,18,19).